The van der Waals surface area contributed by atoms with Crippen LogP contribution < -0.4 is 21.8 Å². The van der Waals surface area contributed by atoms with Gasteiger partial charge in [-0.3, -0.25) is 26.0 Å². The fourth-order valence-corrected chi connectivity index (χ4v) is 4.60. The first-order valence-electron chi connectivity index (χ1n) is 12.3. The maximum atomic E-state index is 13.1. The molecule has 1 aliphatic rings. The Labute approximate surface area is 216 Å². The third-order valence-electron chi connectivity index (χ3n) is 6.42. The van der Waals surface area contributed by atoms with Gasteiger partial charge in [-0.05, 0) is 41.5 Å². The van der Waals surface area contributed by atoms with Crippen LogP contribution in [0.3, 0.4) is 0 Å². The first kappa shape index (κ1) is 27.4. The van der Waals surface area contributed by atoms with Gasteiger partial charge in [0.2, 0.25) is 5.91 Å². The van der Waals surface area contributed by atoms with Gasteiger partial charge >= 0.3 is 17.9 Å². The Bertz CT molecular complexity index is 1110. The van der Waals surface area contributed by atoms with Gasteiger partial charge < -0.3 is 14.8 Å². The molecule has 0 fully saturated rings. The Hall–Kier alpha value is -4.14. The van der Waals surface area contributed by atoms with Gasteiger partial charge in [0.1, 0.15) is 12.6 Å². The van der Waals surface area contributed by atoms with E-state index in [0.717, 1.165) is 22.3 Å². The smallest absolute Gasteiger partial charge is 0.338 e. The summed E-state index contributed by atoms with van der Waals surface area (Å²) in [5, 5.41) is 2.68. The number of hydrogen-bond donors (Lipinski definition) is 4. The van der Waals surface area contributed by atoms with E-state index >= 15 is 0 Å². The monoisotopic (exact) mass is 507 g/mol. The molecule has 9 heteroatoms. The van der Waals surface area contributed by atoms with Crippen LogP contribution in [-0.2, 0) is 23.9 Å². The SMILES string of the molecule is C=CC[C@H](NC(=O)[C@H](CCC[NH+]=C(N)N)CC(=O)OCC1c2ccccc2-c2ccccc21)C(=O)OC. The number of esters is 2. The van der Waals surface area contributed by atoms with Gasteiger partial charge in [0.25, 0.3) is 0 Å². The molecule has 9 nitrogen and oxygen atoms in total. The lowest BCUT2D eigenvalue weighted by Crippen LogP contribution is -2.78. The Morgan fingerprint density at radius 3 is 2.27 bits per heavy atom. The van der Waals surface area contributed by atoms with Crippen molar-refractivity contribution in [2.75, 3.05) is 20.3 Å². The highest BCUT2D eigenvalue weighted by molar-refractivity contribution is 5.88. The summed E-state index contributed by atoms with van der Waals surface area (Å²) < 4.78 is 10.5. The molecule has 0 aromatic heterocycles. The maximum Gasteiger partial charge on any atom is 0.338 e. The van der Waals surface area contributed by atoms with Crippen LogP contribution in [0.1, 0.15) is 42.7 Å². The average Bonchev–Trinajstić information content (AvgIpc) is 3.22. The topological polar surface area (TPSA) is 148 Å². The van der Waals surface area contributed by atoms with E-state index in [1.54, 1.807) is 0 Å². The zero-order valence-electron chi connectivity index (χ0n) is 21.1. The number of carbonyl (C=O) groups is 3. The van der Waals surface area contributed by atoms with Gasteiger partial charge in [0.15, 0.2) is 0 Å². The number of ether oxygens (including phenoxy) is 2. The van der Waals surface area contributed by atoms with Gasteiger partial charge in [0.05, 0.1) is 20.1 Å². The van der Waals surface area contributed by atoms with Gasteiger partial charge in [-0.25, -0.2) is 4.79 Å². The summed E-state index contributed by atoms with van der Waals surface area (Å²) in [6, 6.07) is 15.3. The van der Waals surface area contributed by atoms with E-state index in [9.17, 15) is 14.4 Å². The predicted octanol–water partition coefficient (Wildman–Crippen LogP) is 0.717. The van der Waals surface area contributed by atoms with Gasteiger partial charge in [0, 0.05) is 11.8 Å². The average molecular weight is 508 g/mol. The van der Waals surface area contributed by atoms with E-state index in [2.05, 4.69) is 29.0 Å². The molecule has 1 aliphatic carbocycles. The summed E-state index contributed by atoms with van der Waals surface area (Å²) in [5.74, 6) is -2.22. The van der Waals surface area contributed by atoms with Crippen LogP contribution in [0.5, 0.6) is 0 Å². The number of rotatable bonds is 13. The molecule has 2 aromatic rings. The molecule has 2 aromatic carbocycles. The number of fused-ring (bicyclic) bond motifs is 3. The lowest BCUT2D eigenvalue weighted by Gasteiger charge is -2.21. The Balaban J connectivity index is 1.67. The highest BCUT2D eigenvalue weighted by atomic mass is 16.5. The molecule has 0 aliphatic heterocycles. The lowest BCUT2D eigenvalue weighted by atomic mass is 9.97. The van der Waals surface area contributed by atoms with Crippen molar-refractivity contribution >= 4 is 23.8 Å². The molecule has 0 radical (unpaired) electrons. The summed E-state index contributed by atoms with van der Waals surface area (Å²) >= 11 is 0. The summed E-state index contributed by atoms with van der Waals surface area (Å²) in [5.41, 5.74) is 15.4. The van der Waals surface area contributed by atoms with E-state index in [4.69, 9.17) is 20.9 Å². The fourth-order valence-electron chi connectivity index (χ4n) is 4.60. The van der Waals surface area contributed by atoms with Crippen LogP contribution >= 0.6 is 0 Å². The largest absolute Gasteiger partial charge is 0.467 e. The van der Waals surface area contributed by atoms with E-state index in [1.807, 2.05) is 36.4 Å². The summed E-state index contributed by atoms with van der Waals surface area (Å²) in [4.78, 5) is 40.8. The number of methoxy groups -OCH3 is 1. The number of nitrogens with two attached hydrogens (primary N) is 2. The highest BCUT2D eigenvalue weighted by Crippen LogP contribution is 2.44. The molecule has 0 saturated carbocycles. The fraction of sp³-hybridized carbons (Fsp3) is 0.357. The number of guanidine groups is 1. The molecule has 0 spiro atoms. The van der Waals surface area contributed by atoms with Gasteiger partial charge in [-0.2, -0.15) is 0 Å². The Kier molecular flexibility index (Phi) is 9.83. The first-order valence-corrected chi connectivity index (χ1v) is 12.3. The van der Waals surface area contributed by atoms with Crippen LogP contribution in [0.15, 0.2) is 61.2 Å². The number of benzene rings is 2. The summed E-state index contributed by atoms with van der Waals surface area (Å²) in [7, 11) is 1.25. The molecule has 196 valence electrons. The number of nitrogens with one attached hydrogen (secondary N) is 2. The molecular formula is C28H35N4O5+. The van der Waals surface area contributed by atoms with Crippen LogP contribution in [0.25, 0.3) is 11.1 Å². The highest BCUT2D eigenvalue weighted by Gasteiger charge is 2.31. The molecule has 0 bridgehead atoms. The van der Waals surface area contributed by atoms with Crippen molar-refractivity contribution in [3.8, 4) is 11.1 Å². The summed E-state index contributed by atoms with van der Waals surface area (Å²) in [6.45, 7) is 4.23. The third-order valence-corrected chi connectivity index (χ3v) is 6.42. The van der Waals surface area contributed by atoms with Crippen LogP contribution in [0.4, 0.5) is 0 Å². The van der Waals surface area contributed by atoms with Crippen molar-refractivity contribution in [2.24, 2.45) is 17.4 Å². The van der Waals surface area contributed by atoms with Crippen molar-refractivity contribution in [1.29, 1.82) is 0 Å². The minimum absolute atomic E-state index is 0.0767. The minimum atomic E-state index is -0.883. The second kappa shape index (κ2) is 13.2. The van der Waals surface area contributed by atoms with Crippen molar-refractivity contribution < 1.29 is 28.8 Å². The second-order valence-electron chi connectivity index (χ2n) is 8.94. The predicted molar refractivity (Wildman–Crippen MR) is 140 cm³/mol. The van der Waals surface area contributed by atoms with Crippen molar-refractivity contribution in [2.45, 2.75) is 37.6 Å². The Morgan fingerprint density at radius 2 is 1.70 bits per heavy atom. The first-order chi connectivity index (χ1) is 17.8. The van der Waals surface area contributed by atoms with Crippen LogP contribution in [0, 0.1) is 5.92 Å². The number of carbonyl (C=O) groups excluding carboxylic acids is 3. The van der Waals surface area contributed by atoms with Crippen molar-refractivity contribution in [3.05, 3.63) is 72.3 Å². The van der Waals surface area contributed by atoms with E-state index in [0.29, 0.717) is 19.4 Å². The van der Waals surface area contributed by atoms with Crippen LogP contribution in [0.2, 0.25) is 0 Å². The second-order valence-corrected chi connectivity index (χ2v) is 8.94. The van der Waals surface area contributed by atoms with Crippen molar-refractivity contribution in [3.63, 3.8) is 0 Å². The third kappa shape index (κ3) is 7.19. The van der Waals surface area contributed by atoms with Gasteiger partial charge in [-0.15, -0.1) is 6.58 Å². The molecule has 0 unspecified atom stereocenters. The Morgan fingerprint density at radius 1 is 1.08 bits per heavy atom. The lowest BCUT2D eigenvalue weighted by molar-refractivity contribution is -0.459. The molecule has 3 rings (SSSR count). The molecule has 1 amide bonds. The maximum absolute atomic E-state index is 13.1. The molecule has 0 heterocycles. The molecular weight excluding hydrogens is 472 g/mol. The molecule has 37 heavy (non-hydrogen) atoms. The standard InChI is InChI=1S/C28H34N4O5/c1-3-9-24(27(35)36-2)32-26(34)18(10-8-15-31-28(29)30)16-25(33)37-17-23-21-13-6-4-11-19(21)20-12-5-7-14-22(20)23/h3-7,11-14,18,23-24H,1,8-10,15-17H2,2H3,(H,32,34)(H4,29,30,31)/p+1/t18-,24+/m1/s1. The molecule has 6 N–H and O–H groups in total. The normalized spacial score (nSPS) is 13.4. The van der Waals surface area contributed by atoms with Crippen molar-refractivity contribution in [1.82, 2.24) is 5.32 Å². The molecule has 2 atom stereocenters. The van der Waals surface area contributed by atoms with Gasteiger partial charge in [-0.1, -0.05) is 54.6 Å². The van der Waals surface area contributed by atoms with Crippen LogP contribution in [-0.4, -0.2) is 50.1 Å². The minimum Gasteiger partial charge on any atom is -0.467 e. The van der Waals surface area contributed by atoms with E-state index in [-0.39, 0.29) is 31.3 Å². The number of hydrogen-bond acceptors (Lipinski definition) is 5. The van der Waals surface area contributed by atoms with E-state index < -0.39 is 29.8 Å². The van der Waals surface area contributed by atoms with E-state index in [1.165, 1.54) is 13.2 Å². The molecule has 0 saturated heterocycles. The zero-order chi connectivity index (χ0) is 26.8. The summed E-state index contributed by atoms with van der Waals surface area (Å²) in [6.07, 6.45) is 2.48. The zero-order valence-corrected chi connectivity index (χ0v) is 21.1. The quantitative estimate of drug-likeness (QED) is 0.103. The number of amides is 1.